The van der Waals surface area contributed by atoms with Crippen molar-refractivity contribution >= 4 is 16.7 Å². The number of hydrogen-bond acceptors (Lipinski definition) is 4. The molecule has 3 rings (SSSR count). The highest BCUT2D eigenvalue weighted by Gasteiger charge is 2.33. The van der Waals surface area contributed by atoms with Crippen molar-refractivity contribution in [2.24, 2.45) is 0 Å². The van der Waals surface area contributed by atoms with Gasteiger partial charge in [-0.05, 0) is 48.2 Å². The summed E-state index contributed by atoms with van der Waals surface area (Å²) >= 11 is 0. The number of rotatable bonds is 8. The van der Waals surface area contributed by atoms with Crippen LogP contribution in [0.5, 0.6) is 5.75 Å². The molecule has 0 radical (unpaired) electrons. The van der Waals surface area contributed by atoms with Gasteiger partial charge in [0.25, 0.3) is 5.56 Å². The third kappa shape index (κ3) is 5.59. The van der Waals surface area contributed by atoms with Crippen LogP contribution in [-0.2, 0) is 11.0 Å². The molecule has 0 bridgehead atoms. The average molecular weight is 420 g/mol. The van der Waals surface area contributed by atoms with Gasteiger partial charge in [0.05, 0.1) is 6.61 Å². The number of carboxylic acids is 1. The standard InChI is InChI=1S/C21H19F3N2O4/c22-21(23,24)17-12-18(27)26-20(25-17)15-6-5-14-11-16(8-7-13(14)10-15)30-9-3-1-2-4-19(28)29/h5-8,10-12H,1-4,9H2,(H,28,29)(H,25,26,27). The first-order chi connectivity index (χ1) is 14.2. The number of aromatic amines is 1. The monoisotopic (exact) mass is 420 g/mol. The molecule has 0 unspecified atom stereocenters. The summed E-state index contributed by atoms with van der Waals surface area (Å²) in [6, 6.07) is 10.7. The molecular formula is C21H19F3N2O4. The van der Waals surface area contributed by atoms with Crippen molar-refractivity contribution in [1.82, 2.24) is 9.97 Å². The second-order valence-corrected chi connectivity index (χ2v) is 6.75. The molecule has 3 aromatic rings. The van der Waals surface area contributed by atoms with Crippen LogP contribution in [0.2, 0.25) is 0 Å². The van der Waals surface area contributed by atoms with E-state index in [4.69, 9.17) is 9.84 Å². The number of carbonyl (C=O) groups is 1. The molecule has 1 heterocycles. The number of nitrogens with zero attached hydrogens (tertiary/aromatic N) is 1. The molecule has 2 N–H and O–H groups in total. The van der Waals surface area contributed by atoms with E-state index in [1.165, 1.54) is 0 Å². The maximum Gasteiger partial charge on any atom is 0.433 e. The lowest BCUT2D eigenvalue weighted by Crippen LogP contribution is -2.16. The van der Waals surface area contributed by atoms with Gasteiger partial charge < -0.3 is 14.8 Å². The highest BCUT2D eigenvalue weighted by Crippen LogP contribution is 2.29. The third-order valence-corrected chi connectivity index (χ3v) is 4.42. The lowest BCUT2D eigenvalue weighted by atomic mass is 10.1. The Bertz CT molecular complexity index is 1110. The third-order valence-electron chi connectivity index (χ3n) is 4.42. The number of halogens is 3. The Labute approximate surface area is 169 Å². The van der Waals surface area contributed by atoms with Gasteiger partial charge in [-0.25, -0.2) is 4.98 Å². The van der Waals surface area contributed by atoms with Crippen molar-refractivity contribution in [2.75, 3.05) is 6.61 Å². The highest BCUT2D eigenvalue weighted by atomic mass is 19.4. The van der Waals surface area contributed by atoms with Gasteiger partial charge in [0.15, 0.2) is 5.69 Å². The van der Waals surface area contributed by atoms with Crippen molar-refractivity contribution in [3.05, 3.63) is 58.5 Å². The first-order valence-electron chi connectivity index (χ1n) is 9.30. The minimum Gasteiger partial charge on any atom is -0.494 e. The molecule has 0 aliphatic heterocycles. The topological polar surface area (TPSA) is 92.3 Å². The van der Waals surface area contributed by atoms with E-state index in [0.717, 1.165) is 23.6 Å². The number of fused-ring (bicyclic) bond motifs is 1. The first kappa shape index (κ1) is 21.4. The van der Waals surface area contributed by atoms with Crippen LogP contribution in [0.4, 0.5) is 13.2 Å². The van der Waals surface area contributed by atoms with Crippen LogP contribution in [0.15, 0.2) is 47.3 Å². The zero-order chi connectivity index (χ0) is 21.7. The Kier molecular flexibility index (Phi) is 6.39. The van der Waals surface area contributed by atoms with Crippen LogP contribution < -0.4 is 10.3 Å². The van der Waals surface area contributed by atoms with Crippen LogP contribution >= 0.6 is 0 Å². The van der Waals surface area contributed by atoms with Gasteiger partial charge in [0.2, 0.25) is 0 Å². The smallest absolute Gasteiger partial charge is 0.433 e. The zero-order valence-electron chi connectivity index (χ0n) is 15.8. The van der Waals surface area contributed by atoms with E-state index in [9.17, 15) is 22.8 Å². The molecule has 9 heteroatoms. The quantitative estimate of drug-likeness (QED) is 0.518. The molecule has 6 nitrogen and oxygen atoms in total. The average Bonchev–Trinajstić information content (AvgIpc) is 2.68. The number of aromatic nitrogens is 2. The number of alkyl halides is 3. The summed E-state index contributed by atoms with van der Waals surface area (Å²) < 4.78 is 44.4. The molecule has 2 aromatic carbocycles. The number of benzene rings is 2. The second kappa shape index (κ2) is 8.98. The minimum atomic E-state index is -4.71. The molecule has 158 valence electrons. The van der Waals surface area contributed by atoms with E-state index < -0.39 is 23.4 Å². The maximum absolute atomic E-state index is 12.9. The van der Waals surface area contributed by atoms with E-state index in [2.05, 4.69) is 9.97 Å². The highest BCUT2D eigenvalue weighted by molar-refractivity contribution is 5.87. The lowest BCUT2D eigenvalue weighted by molar-refractivity contribution is -0.141. The molecule has 30 heavy (non-hydrogen) atoms. The molecular weight excluding hydrogens is 401 g/mol. The van der Waals surface area contributed by atoms with Crippen LogP contribution in [0.25, 0.3) is 22.2 Å². The number of hydrogen-bond donors (Lipinski definition) is 2. The van der Waals surface area contributed by atoms with Gasteiger partial charge in [-0.2, -0.15) is 13.2 Å². The summed E-state index contributed by atoms with van der Waals surface area (Å²) in [5, 5.41) is 10.2. The fraction of sp³-hybridized carbons (Fsp3) is 0.286. The fourth-order valence-corrected chi connectivity index (χ4v) is 2.95. The van der Waals surface area contributed by atoms with E-state index in [-0.39, 0.29) is 12.2 Å². The summed E-state index contributed by atoms with van der Waals surface area (Å²) in [6.45, 7) is 0.457. The van der Waals surface area contributed by atoms with E-state index in [1.54, 1.807) is 36.4 Å². The number of carboxylic acid groups (broad SMARTS) is 1. The number of nitrogens with one attached hydrogen (secondary N) is 1. The Balaban J connectivity index is 1.72. The molecule has 0 aliphatic rings. The molecule has 0 spiro atoms. The molecule has 0 fully saturated rings. The normalized spacial score (nSPS) is 11.6. The number of ether oxygens (including phenoxy) is 1. The second-order valence-electron chi connectivity index (χ2n) is 6.75. The van der Waals surface area contributed by atoms with Crippen molar-refractivity contribution in [1.29, 1.82) is 0 Å². The van der Waals surface area contributed by atoms with Gasteiger partial charge >= 0.3 is 12.1 Å². The Morgan fingerprint density at radius 2 is 1.77 bits per heavy atom. The summed E-state index contributed by atoms with van der Waals surface area (Å²) in [6.07, 6.45) is -2.47. The van der Waals surface area contributed by atoms with Crippen molar-refractivity contribution in [3.63, 3.8) is 0 Å². The molecule has 0 saturated heterocycles. The van der Waals surface area contributed by atoms with Crippen molar-refractivity contribution in [3.8, 4) is 17.1 Å². The SMILES string of the molecule is O=C(O)CCCCCOc1ccc2cc(-c3nc(C(F)(F)F)cc(=O)[nH]3)ccc2c1. The van der Waals surface area contributed by atoms with Crippen molar-refractivity contribution < 1.29 is 27.8 Å². The van der Waals surface area contributed by atoms with Crippen LogP contribution in [0.3, 0.4) is 0 Å². The van der Waals surface area contributed by atoms with E-state index in [1.807, 2.05) is 0 Å². The predicted molar refractivity (Wildman–Crippen MR) is 104 cm³/mol. The molecule has 0 aliphatic carbocycles. The summed E-state index contributed by atoms with van der Waals surface area (Å²) in [5.41, 5.74) is -1.76. The van der Waals surface area contributed by atoms with Gasteiger partial charge in [-0.15, -0.1) is 0 Å². The van der Waals surface area contributed by atoms with E-state index >= 15 is 0 Å². The number of unbranched alkanes of at least 4 members (excludes halogenated alkanes) is 2. The fourth-order valence-electron chi connectivity index (χ4n) is 2.95. The van der Waals surface area contributed by atoms with Gasteiger partial charge in [0, 0.05) is 18.1 Å². The van der Waals surface area contributed by atoms with E-state index in [0.29, 0.717) is 30.4 Å². The van der Waals surface area contributed by atoms with Gasteiger partial charge in [-0.3, -0.25) is 9.59 Å². The Morgan fingerprint density at radius 1 is 1.03 bits per heavy atom. The first-order valence-corrected chi connectivity index (χ1v) is 9.30. The van der Waals surface area contributed by atoms with Gasteiger partial charge in [0.1, 0.15) is 11.6 Å². The summed E-state index contributed by atoms with van der Waals surface area (Å²) in [5.74, 6) is -0.327. The summed E-state index contributed by atoms with van der Waals surface area (Å²) in [4.78, 5) is 27.9. The van der Waals surface area contributed by atoms with Crippen LogP contribution in [0.1, 0.15) is 31.4 Å². The molecule has 1 aromatic heterocycles. The Hall–Kier alpha value is -3.36. The maximum atomic E-state index is 12.9. The summed E-state index contributed by atoms with van der Waals surface area (Å²) in [7, 11) is 0. The van der Waals surface area contributed by atoms with Crippen LogP contribution in [0, 0.1) is 0 Å². The largest absolute Gasteiger partial charge is 0.494 e. The lowest BCUT2D eigenvalue weighted by Gasteiger charge is -2.10. The minimum absolute atomic E-state index is 0.143. The Morgan fingerprint density at radius 3 is 2.50 bits per heavy atom. The number of H-pyrrole nitrogens is 1. The molecule has 0 atom stereocenters. The number of aliphatic carboxylic acids is 1. The van der Waals surface area contributed by atoms with Crippen molar-refractivity contribution in [2.45, 2.75) is 31.9 Å². The molecule has 0 amide bonds. The van der Waals surface area contributed by atoms with Gasteiger partial charge in [-0.1, -0.05) is 18.2 Å². The predicted octanol–water partition coefficient (Wildman–Crippen LogP) is 4.63. The zero-order valence-corrected chi connectivity index (χ0v) is 15.8. The van der Waals surface area contributed by atoms with Crippen LogP contribution in [-0.4, -0.2) is 27.7 Å². The molecule has 0 saturated carbocycles.